The normalized spacial score (nSPS) is 14.8. The number of aliphatic imine (C=N–C) groups is 1. The number of hydrogen-bond donors (Lipinski definition) is 1. The van der Waals surface area contributed by atoms with Crippen LogP contribution in [-0.2, 0) is 0 Å². The summed E-state index contributed by atoms with van der Waals surface area (Å²) >= 11 is 6.39. The number of anilines is 1. The van der Waals surface area contributed by atoms with Gasteiger partial charge in [0.2, 0.25) is 0 Å². The largest absolute Gasteiger partial charge is 0.507 e. The van der Waals surface area contributed by atoms with Gasteiger partial charge in [0.25, 0.3) is 5.69 Å². The van der Waals surface area contributed by atoms with Crippen molar-refractivity contribution in [3.8, 4) is 5.75 Å². The number of nitro benzene ring substituents is 1. The molecule has 1 N–H and O–H groups in total. The van der Waals surface area contributed by atoms with Crippen LogP contribution in [0.2, 0.25) is 5.02 Å². The zero-order chi connectivity index (χ0) is 17.8. The van der Waals surface area contributed by atoms with Crippen molar-refractivity contribution in [3.05, 3.63) is 57.1 Å². The number of rotatable bonds is 4. The Morgan fingerprint density at radius 2 is 1.92 bits per heavy atom. The fourth-order valence-electron chi connectivity index (χ4n) is 2.87. The lowest BCUT2D eigenvalue weighted by molar-refractivity contribution is -0.384. The minimum atomic E-state index is -0.513. The molecule has 1 saturated heterocycles. The molecule has 3 rings (SSSR count). The number of aromatic hydroxyl groups is 1. The summed E-state index contributed by atoms with van der Waals surface area (Å²) < 4.78 is 0. The molecule has 0 radical (unpaired) electrons. The van der Waals surface area contributed by atoms with Crippen LogP contribution in [0.3, 0.4) is 0 Å². The van der Waals surface area contributed by atoms with E-state index in [1.807, 2.05) is 12.1 Å². The molecule has 0 atom stereocenters. The first kappa shape index (κ1) is 17.2. The van der Waals surface area contributed by atoms with E-state index < -0.39 is 4.92 Å². The Hall–Kier alpha value is -2.60. The highest BCUT2D eigenvalue weighted by Gasteiger charge is 2.14. The summed E-state index contributed by atoms with van der Waals surface area (Å²) in [6.45, 7) is 2.01. The van der Waals surface area contributed by atoms with E-state index in [1.54, 1.807) is 6.07 Å². The number of halogens is 1. The fourth-order valence-corrected chi connectivity index (χ4v) is 3.16. The molecule has 1 heterocycles. The third-order valence-electron chi connectivity index (χ3n) is 4.20. The molecule has 0 saturated carbocycles. The molecule has 0 bridgehead atoms. The number of piperidine rings is 1. The van der Waals surface area contributed by atoms with Crippen LogP contribution in [-0.4, -0.2) is 29.3 Å². The summed E-state index contributed by atoms with van der Waals surface area (Å²) in [4.78, 5) is 16.9. The van der Waals surface area contributed by atoms with Gasteiger partial charge in [-0.3, -0.25) is 15.1 Å². The lowest BCUT2D eigenvalue weighted by Gasteiger charge is -2.29. The molecule has 0 spiro atoms. The molecule has 130 valence electrons. The Morgan fingerprint density at radius 1 is 1.16 bits per heavy atom. The average molecular weight is 360 g/mol. The number of hydrogen-bond acceptors (Lipinski definition) is 5. The minimum absolute atomic E-state index is 0.0645. The maximum Gasteiger partial charge on any atom is 0.270 e. The number of nitrogens with zero attached hydrogens (tertiary/aromatic N) is 3. The molecule has 25 heavy (non-hydrogen) atoms. The molecule has 1 aliphatic rings. The van der Waals surface area contributed by atoms with Gasteiger partial charge in [-0.15, -0.1) is 0 Å². The monoisotopic (exact) mass is 359 g/mol. The Kier molecular flexibility index (Phi) is 5.19. The molecule has 1 fully saturated rings. The van der Waals surface area contributed by atoms with E-state index in [4.69, 9.17) is 11.6 Å². The summed E-state index contributed by atoms with van der Waals surface area (Å²) in [7, 11) is 0. The van der Waals surface area contributed by atoms with Crippen molar-refractivity contribution in [3.63, 3.8) is 0 Å². The molecule has 2 aromatic rings. The van der Waals surface area contributed by atoms with Gasteiger partial charge >= 0.3 is 0 Å². The van der Waals surface area contributed by atoms with Crippen LogP contribution < -0.4 is 4.90 Å². The summed E-state index contributed by atoms with van der Waals surface area (Å²) in [5, 5.41) is 21.3. The predicted octanol–water partition coefficient (Wildman–Crippen LogP) is 4.69. The summed E-state index contributed by atoms with van der Waals surface area (Å²) in [6, 6.07) is 9.36. The lowest BCUT2D eigenvalue weighted by atomic mass is 10.1. The predicted molar refractivity (Wildman–Crippen MR) is 99.5 cm³/mol. The summed E-state index contributed by atoms with van der Waals surface area (Å²) in [5.74, 6) is -0.0645. The number of nitro groups is 1. The number of benzene rings is 2. The van der Waals surface area contributed by atoms with Crippen LogP contribution in [0.15, 0.2) is 41.4 Å². The second-order valence-corrected chi connectivity index (χ2v) is 6.35. The average Bonchev–Trinajstić information content (AvgIpc) is 2.61. The van der Waals surface area contributed by atoms with E-state index in [9.17, 15) is 15.2 Å². The third kappa shape index (κ3) is 4.09. The minimum Gasteiger partial charge on any atom is -0.507 e. The van der Waals surface area contributed by atoms with E-state index in [0.29, 0.717) is 10.7 Å². The van der Waals surface area contributed by atoms with E-state index in [2.05, 4.69) is 9.89 Å². The van der Waals surface area contributed by atoms with Crippen LogP contribution >= 0.6 is 11.6 Å². The van der Waals surface area contributed by atoms with Crippen molar-refractivity contribution in [2.45, 2.75) is 19.3 Å². The number of phenolic OH excluding ortho intramolecular Hbond substituents is 1. The van der Waals surface area contributed by atoms with Crippen molar-refractivity contribution in [2.24, 2.45) is 4.99 Å². The van der Waals surface area contributed by atoms with E-state index in [0.717, 1.165) is 18.8 Å². The van der Waals surface area contributed by atoms with Crippen molar-refractivity contribution >= 4 is 34.9 Å². The Balaban J connectivity index is 1.81. The molecule has 0 aliphatic carbocycles. The fraction of sp³-hybridized carbons (Fsp3) is 0.278. The highest BCUT2D eigenvalue weighted by molar-refractivity contribution is 6.33. The Morgan fingerprint density at radius 3 is 2.60 bits per heavy atom. The van der Waals surface area contributed by atoms with Crippen molar-refractivity contribution < 1.29 is 10.0 Å². The van der Waals surface area contributed by atoms with Crippen LogP contribution in [0.25, 0.3) is 0 Å². The molecule has 7 heteroatoms. The van der Waals surface area contributed by atoms with Crippen LogP contribution in [0, 0.1) is 10.1 Å². The molecule has 6 nitrogen and oxygen atoms in total. The zero-order valence-electron chi connectivity index (χ0n) is 13.6. The quantitative estimate of drug-likeness (QED) is 0.487. The Labute approximate surface area is 150 Å². The van der Waals surface area contributed by atoms with Gasteiger partial charge in [-0.2, -0.15) is 0 Å². The van der Waals surface area contributed by atoms with Crippen LogP contribution in [0.4, 0.5) is 17.1 Å². The van der Waals surface area contributed by atoms with Crippen molar-refractivity contribution in [2.75, 3.05) is 18.0 Å². The Bertz CT molecular complexity index is 817. The van der Waals surface area contributed by atoms with Crippen LogP contribution in [0.5, 0.6) is 5.75 Å². The maximum absolute atomic E-state index is 10.8. The van der Waals surface area contributed by atoms with Crippen LogP contribution in [0.1, 0.15) is 24.8 Å². The van der Waals surface area contributed by atoms with Gasteiger partial charge in [0, 0.05) is 37.0 Å². The number of non-ortho nitro benzene ring substituents is 1. The molecular weight excluding hydrogens is 342 g/mol. The van der Waals surface area contributed by atoms with E-state index in [-0.39, 0.29) is 17.0 Å². The van der Waals surface area contributed by atoms with Gasteiger partial charge in [-0.05, 0) is 43.5 Å². The molecule has 0 unspecified atom stereocenters. The van der Waals surface area contributed by atoms with E-state index >= 15 is 0 Å². The van der Waals surface area contributed by atoms with Crippen molar-refractivity contribution in [1.29, 1.82) is 0 Å². The van der Waals surface area contributed by atoms with Gasteiger partial charge in [0.1, 0.15) is 5.75 Å². The standard InChI is InChI=1S/C18H18ClN3O3/c19-16-11-14(4-6-17(16)21-8-2-1-3-9-21)20-12-13-10-15(22(24)25)5-7-18(13)23/h4-7,10-12,23H,1-3,8-9H2. The third-order valence-corrected chi connectivity index (χ3v) is 4.51. The van der Waals surface area contributed by atoms with Gasteiger partial charge in [0.15, 0.2) is 0 Å². The van der Waals surface area contributed by atoms with Gasteiger partial charge < -0.3 is 10.0 Å². The maximum atomic E-state index is 10.8. The van der Waals surface area contributed by atoms with Gasteiger partial charge in [0.05, 0.1) is 21.3 Å². The second kappa shape index (κ2) is 7.53. The topological polar surface area (TPSA) is 79.0 Å². The van der Waals surface area contributed by atoms with Crippen molar-refractivity contribution in [1.82, 2.24) is 0 Å². The van der Waals surface area contributed by atoms with Gasteiger partial charge in [-0.1, -0.05) is 11.6 Å². The SMILES string of the molecule is O=[N+]([O-])c1ccc(O)c(C=Nc2ccc(N3CCCCC3)c(Cl)c2)c1. The summed E-state index contributed by atoms with van der Waals surface area (Å²) in [5.41, 5.74) is 1.80. The first-order valence-corrected chi connectivity index (χ1v) is 8.48. The highest BCUT2D eigenvalue weighted by Crippen LogP contribution is 2.32. The smallest absolute Gasteiger partial charge is 0.270 e. The lowest BCUT2D eigenvalue weighted by Crippen LogP contribution is -2.29. The highest BCUT2D eigenvalue weighted by atomic mass is 35.5. The van der Waals surface area contributed by atoms with E-state index in [1.165, 1.54) is 43.7 Å². The molecular formula is C18H18ClN3O3. The zero-order valence-corrected chi connectivity index (χ0v) is 14.3. The van der Waals surface area contributed by atoms with Gasteiger partial charge in [-0.25, -0.2) is 0 Å². The molecule has 0 aromatic heterocycles. The molecule has 0 amide bonds. The number of phenols is 1. The summed E-state index contributed by atoms with van der Waals surface area (Å²) in [6.07, 6.45) is 4.99. The second-order valence-electron chi connectivity index (χ2n) is 5.94. The molecule has 2 aromatic carbocycles. The first-order valence-electron chi connectivity index (χ1n) is 8.10. The first-order chi connectivity index (χ1) is 12.0. The molecule has 1 aliphatic heterocycles.